The molecule has 0 saturated heterocycles. The zero-order valence-electron chi connectivity index (χ0n) is 10.3. The van der Waals surface area contributed by atoms with Crippen LogP contribution < -0.4 is 4.74 Å². The molecule has 1 heterocycles. The van der Waals surface area contributed by atoms with E-state index in [0.717, 1.165) is 30.1 Å². The van der Waals surface area contributed by atoms with Crippen LogP contribution in [0.3, 0.4) is 0 Å². The maximum absolute atomic E-state index is 5.64. The molecule has 2 aromatic rings. The minimum absolute atomic E-state index is 0.408. The zero-order chi connectivity index (χ0) is 12.8. The summed E-state index contributed by atoms with van der Waals surface area (Å²) >= 11 is 5.15. The number of hydrogen-bond donors (Lipinski definition) is 1. The molecule has 1 aromatic carbocycles. The quantitative estimate of drug-likeness (QED) is 0.833. The van der Waals surface area contributed by atoms with Gasteiger partial charge in [0.25, 0.3) is 0 Å². The van der Waals surface area contributed by atoms with Crippen molar-refractivity contribution in [1.82, 2.24) is 9.97 Å². The van der Waals surface area contributed by atoms with Crippen molar-refractivity contribution in [2.45, 2.75) is 26.4 Å². The topological polar surface area (TPSA) is 37.9 Å². The Balaban J connectivity index is 2.07. The molecule has 18 heavy (non-hydrogen) atoms. The van der Waals surface area contributed by atoms with Crippen molar-refractivity contribution in [1.29, 1.82) is 0 Å². The van der Waals surface area contributed by atoms with E-state index in [1.165, 1.54) is 0 Å². The standard InChI is InChI=1S/C14H16N2OS/c1-2-6-11-9-14(18)16-13(15-11)10-17-12-7-4-3-5-8-12/h3-5,7-9H,2,6,10H2,1H3,(H,15,16,18). The van der Waals surface area contributed by atoms with E-state index in [0.29, 0.717) is 11.2 Å². The first-order valence-electron chi connectivity index (χ1n) is 6.05. The fraction of sp³-hybridized carbons (Fsp3) is 0.286. The lowest BCUT2D eigenvalue weighted by molar-refractivity contribution is 0.295. The number of para-hydroxylation sites is 1. The van der Waals surface area contributed by atoms with E-state index in [9.17, 15) is 0 Å². The van der Waals surface area contributed by atoms with Crippen molar-refractivity contribution in [2.75, 3.05) is 0 Å². The van der Waals surface area contributed by atoms with Gasteiger partial charge in [-0.05, 0) is 24.6 Å². The summed E-state index contributed by atoms with van der Waals surface area (Å²) in [7, 11) is 0. The third kappa shape index (κ3) is 3.67. The molecule has 0 radical (unpaired) electrons. The number of H-pyrrole nitrogens is 1. The van der Waals surface area contributed by atoms with Crippen LogP contribution in [0.4, 0.5) is 0 Å². The first-order valence-corrected chi connectivity index (χ1v) is 6.45. The number of rotatable bonds is 5. The van der Waals surface area contributed by atoms with Crippen molar-refractivity contribution in [3.05, 3.63) is 52.6 Å². The minimum Gasteiger partial charge on any atom is -0.486 e. The lowest BCUT2D eigenvalue weighted by atomic mass is 10.2. The molecular weight excluding hydrogens is 244 g/mol. The van der Waals surface area contributed by atoms with Gasteiger partial charge in [-0.25, -0.2) is 4.98 Å². The molecule has 0 unspecified atom stereocenters. The van der Waals surface area contributed by atoms with Crippen LogP contribution in [0.5, 0.6) is 5.75 Å². The molecule has 3 nitrogen and oxygen atoms in total. The molecule has 2 rings (SSSR count). The molecule has 0 aliphatic rings. The van der Waals surface area contributed by atoms with E-state index < -0.39 is 0 Å². The van der Waals surface area contributed by atoms with Crippen LogP contribution in [-0.4, -0.2) is 9.97 Å². The normalized spacial score (nSPS) is 10.3. The van der Waals surface area contributed by atoms with E-state index >= 15 is 0 Å². The van der Waals surface area contributed by atoms with Crippen molar-refractivity contribution in [3.8, 4) is 5.75 Å². The molecule has 0 spiro atoms. The van der Waals surface area contributed by atoms with Crippen molar-refractivity contribution in [2.24, 2.45) is 0 Å². The third-order valence-corrected chi connectivity index (χ3v) is 2.69. The molecule has 0 fully saturated rings. The highest BCUT2D eigenvalue weighted by Crippen LogP contribution is 2.10. The number of aromatic amines is 1. The first-order chi connectivity index (χ1) is 8.78. The van der Waals surface area contributed by atoms with Crippen molar-refractivity contribution < 1.29 is 4.74 Å². The first kappa shape index (κ1) is 12.8. The second kappa shape index (κ2) is 6.31. The Kier molecular flexibility index (Phi) is 4.47. The molecule has 0 aliphatic carbocycles. The van der Waals surface area contributed by atoms with E-state index in [4.69, 9.17) is 17.0 Å². The Labute approximate surface area is 112 Å². The van der Waals surface area contributed by atoms with Gasteiger partial charge < -0.3 is 9.72 Å². The van der Waals surface area contributed by atoms with Gasteiger partial charge in [-0.3, -0.25) is 0 Å². The maximum atomic E-state index is 5.64. The van der Waals surface area contributed by atoms with Gasteiger partial charge in [0.2, 0.25) is 0 Å². The summed E-state index contributed by atoms with van der Waals surface area (Å²) in [6, 6.07) is 11.6. The van der Waals surface area contributed by atoms with Crippen molar-refractivity contribution in [3.63, 3.8) is 0 Å². The Bertz CT molecular complexity index is 551. The monoisotopic (exact) mass is 260 g/mol. The Morgan fingerprint density at radius 3 is 2.78 bits per heavy atom. The highest BCUT2D eigenvalue weighted by Gasteiger charge is 2.00. The molecule has 1 N–H and O–H groups in total. The second-order valence-corrected chi connectivity index (χ2v) is 4.46. The van der Waals surface area contributed by atoms with Gasteiger partial charge in [-0.1, -0.05) is 43.8 Å². The largest absolute Gasteiger partial charge is 0.486 e. The SMILES string of the molecule is CCCc1cc(=S)nc(COc2ccccc2)[nH]1. The fourth-order valence-corrected chi connectivity index (χ4v) is 1.96. The summed E-state index contributed by atoms with van der Waals surface area (Å²) in [6.45, 7) is 2.54. The van der Waals surface area contributed by atoms with Gasteiger partial charge in [-0.2, -0.15) is 0 Å². The van der Waals surface area contributed by atoms with Crippen LogP contribution in [0.2, 0.25) is 0 Å². The molecule has 1 aromatic heterocycles. The van der Waals surface area contributed by atoms with E-state index in [1.807, 2.05) is 36.4 Å². The molecule has 0 saturated carbocycles. The smallest absolute Gasteiger partial charge is 0.146 e. The van der Waals surface area contributed by atoms with E-state index in [2.05, 4.69) is 16.9 Å². The molecular formula is C14H16N2OS. The van der Waals surface area contributed by atoms with Crippen LogP contribution in [-0.2, 0) is 13.0 Å². The summed E-state index contributed by atoms with van der Waals surface area (Å²) in [6.07, 6.45) is 2.05. The van der Waals surface area contributed by atoms with Crippen LogP contribution in [0.1, 0.15) is 24.9 Å². The Morgan fingerprint density at radius 2 is 2.06 bits per heavy atom. The summed E-state index contributed by atoms with van der Waals surface area (Å²) in [5.74, 6) is 1.61. The number of ether oxygens (including phenoxy) is 1. The second-order valence-electron chi connectivity index (χ2n) is 4.04. The summed E-state index contributed by atoms with van der Waals surface area (Å²) in [4.78, 5) is 7.52. The van der Waals surface area contributed by atoms with Gasteiger partial charge in [-0.15, -0.1) is 0 Å². The average molecular weight is 260 g/mol. The lowest BCUT2D eigenvalue weighted by Crippen LogP contribution is -2.04. The maximum Gasteiger partial charge on any atom is 0.146 e. The average Bonchev–Trinajstić information content (AvgIpc) is 2.37. The predicted octanol–water partition coefficient (Wildman–Crippen LogP) is 3.67. The van der Waals surface area contributed by atoms with Gasteiger partial charge >= 0.3 is 0 Å². The number of nitrogens with one attached hydrogen (secondary N) is 1. The van der Waals surface area contributed by atoms with Gasteiger partial charge in [0.1, 0.15) is 22.8 Å². The fourth-order valence-electron chi connectivity index (χ4n) is 1.70. The molecule has 4 heteroatoms. The predicted molar refractivity (Wildman–Crippen MR) is 74.2 cm³/mol. The molecule has 0 bridgehead atoms. The number of aromatic nitrogens is 2. The van der Waals surface area contributed by atoms with Gasteiger partial charge in [0, 0.05) is 5.69 Å². The lowest BCUT2D eigenvalue weighted by Gasteiger charge is -2.07. The summed E-state index contributed by atoms with van der Waals surface area (Å²) < 4.78 is 6.25. The highest BCUT2D eigenvalue weighted by atomic mass is 32.1. The number of nitrogens with zero attached hydrogens (tertiary/aromatic N) is 1. The van der Waals surface area contributed by atoms with Gasteiger partial charge in [0.15, 0.2) is 0 Å². The van der Waals surface area contributed by atoms with E-state index in [1.54, 1.807) is 0 Å². The van der Waals surface area contributed by atoms with Crippen LogP contribution in [0.15, 0.2) is 36.4 Å². The Morgan fingerprint density at radius 1 is 1.28 bits per heavy atom. The Hall–Kier alpha value is -1.68. The van der Waals surface area contributed by atoms with Crippen LogP contribution in [0.25, 0.3) is 0 Å². The molecule has 0 aliphatic heterocycles. The number of aryl methyl sites for hydroxylation is 1. The highest BCUT2D eigenvalue weighted by molar-refractivity contribution is 7.71. The van der Waals surface area contributed by atoms with Crippen LogP contribution in [0, 0.1) is 4.64 Å². The van der Waals surface area contributed by atoms with Gasteiger partial charge in [0.05, 0.1) is 0 Å². The molecule has 94 valence electrons. The van der Waals surface area contributed by atoms with Crippen molar-refractivity contribution >= 4 is 12.2 Å². The van der Waals surface area contributed by atoms with Crippen LogP contribution >= 0.6 is 12.2 Å². The summed E-state index contributed by atoms with van der Waals surface area (Å²) in [5.41, 5.74) is 1.11. The molecule has 0 amide bonds. The minimum atomic E-state index is 0.408. The molecule has 0 atom stereocenters. The summed E-state index contributed by atoms with van der Waals surface area (Å²) in [5, 5.41) is 0. The van der Waals surface area contributed by atoms with E-state index in [-0.39, 0.29) is 0 Å². The number of hydrogen-bond acceptors (Lipinski definition) is 3. The third-order valence-electron chi connectivity index (χ3n) is 2.49. The number of benzene rings is 1. The zero-order valence-corrected chi connectivity index (χ0v) is 11.2.